The summed E-state index contributed by atoms with van der Waals surface area (Å²) in [7, 11) is 0. The monoisotopic (exact) mass is 390 g/mol. The lowest BCUT2D eigenvalue weighted by molar-refractivity contribution is 0.297. The van der Waals surface area contributed by atoms with Crippen molar-refractivity contribution in [3.63, 3.8) is 0 Å². The first-order chi connectivity index (χ1) is 9.10. The Morgan fingerprint density at radius 2 is 1.84 bits per heavy atom. The molecule has 0 saturated heterocycles. The quantitative estimate of drug-likeness (QED) is 0.650. The van der Waals surface area contributed by atoms with E-state index in [-0.39, 0.29) is 12.2 Å². The van der Waals surface area contributed by atoms with Crippen LogP contribution < -0.4 is 4.74 Å². The molecule has 5 heteroatoms. The van der Waals surface area contributed by atoms with Crippen molar-refractivity contribution in [1.29, 1.82) is 0 Å². The highest BCUT2D eigenvalue weighted by Gasteiger charge is 2.07. The summed E-state index contributed by atoms with van der Waals surface area (Å²) >= 11 is 6.74. The molecular weight excluding hydrogens is 382 g/mol. The summed E-state index contributed by atoms with van der Waals surface area (Å²) < 4.78 is 32.7. The molecule has 19 heavy (non-hydrogen) atoms. The van der Waals surface area contributed by atoms with E-state index in [0.29, 0.717) is 5.75 Å². The molecule has 0 saturated carbocycles. The first-order valence-corrected chi connectivity index (χ1v) is 7.42. The van der Waals surface area contributed by atoms with Gasteiger partial charge in [-0.3, -0.25) is 0 Å². The minimum Gasteiger partial charge on any atom is -0.488 e. The third-order valence-electron chi connectivity index (χ3n) is 2.54. The van der Waals surface area contributed by atoms with Crippen LogP contribution in [0.15, 0.2) is 40.9 Å². The molecule has 0 aliphatic heterocycles. The van der Waals surface area contributed by atoms with Crippen molar-refractivity contribution in [1.82, 2.24) is 0 Å². The van der Waals surface area contributed by atoms with E-state index < -0.39 is 11.6 Å². The normalized spacial score (nSPS) is 10.5. The standard InChI is InChI=1S/C14H10Br2F2O/c15-7-9-1-4-14(12(16)5-9)19-8-10-6-11(17)2-3-13(10)18/h1-6H,7-8H2. The fourth-order valence-corrected chi connectivity index (χ4v) is 2.44. The molecule has 0 bridgehead atoms. The summed E-state index contributed by atoms with van der Waals surface area (Å²) in [6.07, 6.45) is 0. The van der Waals surface area contributed by atoms with Crippen LogP contribution in [-0.4, -0.2) is 0 Å². The number of alkyl halides is 1. The molecule has 2 aromatic rings. The van der Waals surface area contributed by atoms with Crippen LogP contribution in [0.2, 0.25) is 0 Å². The predicted molar refractivity (Wildman–Crippen MR) is 77.5 cm³/mol. The van der Waals surface area contributed by atoms with Gasteiger partial charge in [0.2, 0.25) is 0 Å². The molecule has 0 radical (unpaired) electrons. The zero-order chi connectivity index (χ0) is 13.8. The Morgan fingerprint density at radius 3 is 2.53 bits per heavy atom. The Balaban J connectivity index is 2.12. The molecule has 1 nitrogen and oxygen atoms in total. The Morgan fingerprint density at radius 1 is 1.05 bits per heavy atom. The Bertz CT molecular complexity index is 588. The van der Waals surface area contributed by atoms with Crippen LogP contribution in [0.25, 0.3) is 0 Å². The third kappa shape index (κ3) is 3.76. The molecule has 0 atom stereocenters. The van der Waals surface area contributed by atoms with E-state index in [1.165, 1.54) is 0 Å². The van der Waals surface area contributed by atoms with Gasteiger partial charge < -0.3 is 4.74 Å². The first-order valence-electron chi connectivity index (χ1n) is 5.51. The van der Waals surface area contributed by atoms with Crippen LogP contribution in [0.4, 0.5) is 8.78 Å². The van der Waals surface area contributed by atoms with Crippen LogP contribution in [0, 0.1) is 11.6 Å². The largest absolute Gasteiger partial charge is 0.488 e. The fourth-order valence-electron chi connectivity index (χ4n) is 1.55. The summed E-state index contributed by atoms with van der Waals surface area (Å²) in [6.45, 7) is -0.0180. The molecule has 0 spiro atoms. The molecular formula is C14H10Br2F2O. The number of rotatable bonds is 4. The van der Waals surface area contributed by atoms with Crippen molar-refractivity contribution in [3.8, 4) is 5.75 Å². The maximum atomic E-state index is 13.4. The molecule has 100 valence electrons. The second kappa shape index (κ2) is 6.48. The summed E-state index contributed by atoms with van der Waals surface area (Å²) in [6, 6.07) is 8.91. The molecule has 0 aliphatic carbocycles. The molecule has 0 aromatic heterocycles. The second-order valence-electron chi connectivity index (χ2n) is 3.92. The second-order valence-corrected chi connectivity index (χ2v) is 5.34. The number of benzene rings is 2. The smallest absolute Gasteiger partial charge is 0.134 e. The minimum atomic E-state index is -0.478. The van der Waals surface area contributed by atoms with Gasteiger partial charge in [0.1, 0.15) is 24.0 Å². The summed E-state index contributed by atoms with van der Waals surface area (Å²) in [4.78, 5) is 0. The predicted octanol–water partition coefficient (Wildman–Crippen LogP) is 5.20. The van der Waals surface area contributed by atoms with E-state index in [0.717, 1.165) is 33.6 Å². The fraction of sp³-hybridized carbons (Fsp3) is 0.143. The molecule has 2 aromatic carbocycles. The van der Waals surface area contributed by atoms with Gasteiger partial charge >= 0.3 is 0 Å². The van der Waals surface area contributed by atoms with Gasteiger partial charge in [0.05, 0.1) is 4.47 Å². The van der Waals surface area contributed by atoms with Crippen LogP contribution in [-0.2, 0) is 11.9 Å². The molecule has 0 heterocycles. The van der Waals surface area contributed by atoms with Gasteiger partial charge in [-0.25, -0.2) is 8.78 Å². The van der Waals surface area contributed by atoms with Gasteiger partial charge in [0.25, 0.3) is 0 Å². The molecule has 0 aliphatic rings. The van der Waals surface area contributed by atoms with E-state index in [2.05, 4.69) is 31.9 Å². The van der Waals surface area contributed by atoms with E-state index in [4.69, 9.17) is 4.74 Å². The van der Waals surface area contributed by atoms with Gasteiger partial charge in [-0.2, -0.15) is 0 Å². The SMILES string of the molecule is Fc1ccc(F)c(COc2ccc(CBr)cc2Br)c1. The highest BCUT2D eigenvalue weighted by molar-refractivity contribution is 9.10. The minimum absolute atomic E-state index is 0.0180. The van der Waals surface area contributed by atoms with Crippen LogP contribution in [0.3, 0.4) is 0 Å². The molecule has 0 amide bonds. The average Bonchev–Trinajstić information content (AvgIpc) is 2.40. The maximum Gasteiger partial charge on any atom is 0.134 e. The van der Waals surface area contributed by atoms with Crippen molar-refractivity contribution < 1.29 is 13.5 Å². The van der Waals surface area contributed by atoms with E-state index in [1.807, 2.05) is 12.1 Å². The average molecular weight is 392 g/mol. The zero-order valence-electron chi connectivity index (χ0n) is 9.80. The molecule has 0 unspecified atom stereocenters. The zero-order valence-corrected chi connectivity index (χ0v) is 13.0. The van der Waals surface area contributed by atoms with Gasteiger partial charge in [-0.15, -0.1) is 0 Å². The summed E-state index contributed by atoms with van der Waals surface area (Å²) in [5.41, 5.74) is 1.28. The van der Waals surface area contributed by atoms with Crippen LogP contribution in [0.1, 0.15) is 11.1 Å². The summed E-state index contributed by atoms with van der Waals surface area (Å²) in [5, 5.41) is 0.740. The Kier molecular flexibility index (Phi) is 4.93. The third-order valence-corrected chi connectivity index (χ3v) is 3.81. The lowest BCUT2D eigenvalue weighted by Crippen LogP contribution is -2.00. The van der Waals surface area contributed by atoms with Crippen molar-refractivity contribution in [2.24, 2.45) is 0 Å². The highest BCUT2D eigenvalue weighted by Crippen LogP contribution is 2.27. The van der Waals surface area contributed by atoms with Gasteiger partial charge in [0.15, 0.2) is 0 Å². The highest BCUT2D eigenvalue weighted by atomic mass is 79.9. The number of ether oxygens (including phenoxy) is 1. The molecule has 0 fully saturated rings. The Labute approximate surface area is 126 Å². The topological polar surface area (TPSA) is 9.23 Å². The van der Waals surface area contributed by atoms with Crippen LogP contribution in [0.5, 0.6) is 5.75 Å². The Hall–Kier alpha value is -0.940. The van der Waals surface area contributed by atoms with E-state index in [1.54, 1.807) is 6.07 Å². The number of hydrogen-bond acceptors (Lipinski definition) is 1. The van der Waals surface area contributed by atoms with Crippen molar-refractivity contribution in [3.05, 3.63) is 63.6 Å². The maximum absolute atomic E-state index is 13.4. The lowest BCUT2D eigenvalue weighted by atomic mass is 10.2. The molecule has 2 rings (SSSR count). The van der Waals surface area contributed by atoms with Crippen LogP contribution >= 0.6 is 31.9 Å². The van der Waals surface area contributed by atoms with E-state index >= 15 is 0 Å². The van der Waals surface area contributed by atoms with Gasteiger partial charge in [-0.1, -0.05) is 22.0 Å². The van der Waals surface area contributed by atoms with Crippen molar-refractivity contribution >= 4 is 31.9 Å². The molecule has 0 N–H and O–H groups in total. The summed E-state index contributed by atoms with van der Waals surface area (Å²) in [5.74, 6) is -0.364. The van der Waals surface area contributed by atoms with Crippen molar-refractivity contribution in [2.75, 3.05) is 0 Å². The number of halogens is 4. The van der Waals surface area contributed by atoms with Gasteiger partial charge in [-0.05, 0) is 51.8 Å². The lowest BCUT2D eigenvalue weighted by Gasteiger charge is -2.10. The van der Waals surface area contributed by atoms with E-state index in [9.17, 15) is 8.78 Å². The van der Waals surface area contributed by atoms with Gasteiger partial charge in [0, 0.05) is 10.9 Å². The van der Waals surface area contributed by atoms with Crippen molar-refractivity contribution in [2.45, 2.75) is 11.9 Å². The number of hydrogen-bond donors (Lipinski definition) is 0. The first kappa shape index (κ1) is 14.5.